The van der Waals surface area contributed by atoms with Crippen LogP contribution in [0.5, 0.6) is 0 Å². The molecular weight excluding hydrogens is 330 g/mol. The molecule has 2 amide bonds. The molecule has 1 aliphatic heterocycles. The van der Waals surface area contributed by atoms with Gasteiger partial charge < -0.3 is 10.6 Å². The lowest BCUT2D eigenvalue weighted by Crippen LogP contribution is -2.28. The predicted molar refractivity (Wildman–Crippen MR) is 75.3 cm³/mol. The van der Waals surface area contributed by atoms with E-state index in [1.165, 1.54) is 0 Å². The van der Waals surface area contributed by atoms with Crippen LogP contribution in [0.4, 0.5) is 5.69 Å². The van der Waals surface area contributed by atoms with Gasteiger partial charge in [-0.3, -0.25) is 9.59 Å². The molecule has 1 aromatic rings. The highest BCUT2D eigenvalue weighted by atomic mass is 79.9. The standard InChI is InChI=1S/C12H10BrN3O2S/c13-9-4-8(19-6-14)1-2-10(9)16-5-7(12(15)18)3-11(16)17/h1-2,4,7H,3,5H2,(H2,15,18). The van der Waals surface area contributed by atoms with E-state index in [4.69, 9.17) is 11.0 Å². The van der Waals surface area contributed by atoms with Gasteiger partial charge in [0, 0.05) is 22.3 Å². The van der Waals surface area contributed by atoms with Crippen LogP contribution in [-0.4, -0.2) is 18.4 Å². The maximum absolute atomic E-state index is 11.9. The number of carbonyl (C=O) groups is 2. The molecule has 1 atom stereocenters. The third kappa shape index (κ3) is 2.91. The number of amides is 2. The first-order chi connectivity index (χ1) is 9.02. The number of hydrogen-bond donors (Lipinski definition) is 1. The number of halogens is 1. The lowest BCUT2D eigenvalue weighted by atomic mass is 10.1. The fourth-order valence-corrected chi connectivity index (χ4v) is 3.12. The molecule has 0 spiro atoms. The molecule has 19 heavy (non-hydrogen) atoms. The lowest BCUT2D eigenvalue weighted by molar-refractivity contribution is -0.123. The van der Waals surface area contributed by atoms with Gasteiger partial charge in [-0.2, -0.15) is 5.26 Å². The number of nitriles is 1. The van der Waals surface area contributed by atoms with Crippen LogP contribution in [0, 0.1) is 16.6 Å². The predicted octanol–water partition coefficient (Wildman–Crippen LogP) is 1.86. The monoisotopic (exact) mass is 339 g/mol. The maximum atomic E-state index is 11.9. The molecule has 1 saturated heterocycles. The number of nitrogens with two attached hydrogens (primary N) is 1. The normalized spacial score (nSPS) is 18.4. The molecule has 1 heterocycles. The van der Waals surface area contributed by atoms with E-state index in [0.717, 1.165) is 16.7 Å². The van der Waals surface area contributed by atoms with Crippen molar-refractivity contribution in [3.63, 3.8) is 0 Å². The van der Waals surface area contributed by atoms with Crippen molar-refractivity contribution in [2.24, 2.45) is 11.7 Å². The molecule has 98 valence electrons. The van der Waals surface area contributed by atoms with E-state index < -0.39 is 11.8 Å². The molecule has 0 aromatic heterocycles. The molecule has 2 N–H and O–H groups in total. The van der Waals surface area contributed by atoms with Crippen LogP contribution >= 0.6 is 27.7 Å². The van der Waals surface area contributed by atoms with Crippen molar-refractivity contribution in [2.45, 2.75) is 11.3 Å². The van der Waals surface area contributed by atoms with Crippen molar-refractivity contribution in [1.29, 1.82) is 5.26 Å². The quantitative estimate of drug-likeness (QED) is 0.672. The summed E-state index contributed by atoms with van der Waals surface area (Å²) < 4.78 is 0.714. The van der Waals surface area contributed by atoms with Crippen molar-refractivity contribution in [1.82, 2.24) is 0 Å². The number of thiocyanates is 1. The number of thioether (sulfide) groups is 1. The van der Waals surface area contributed by atoms with Gasteiger partial charge in [-0.1, -0.05) is 0 Å². The largest absolute Gasteiger partial charge is 0.369 e. The highest BCUT2D eigenvalue weighted by molar-refractivity contribution is 9.10. The minimum absolute atomic E-state index is 0.120. The van der Waals surface area contributed by atoms with Gasteiger partial charge in [0.05, 0.1) is 11.6 Å². The van der Waals surface area contributed by atoms with Gasteiger partial charge in [-0.25, -0.2) is 0 Å². The summed E-state index contributed by atoms with van der Waals surface area (Å²) in [6.07, 6.45) is 0.149. The third-order valence-electron chi connectivity index (χ3n) is 2.90. The first-order valence-corrected chi connectivity index (χ1v) is 7.09. The minimum Gasteiger partial charge on any atom is -0.369 e. The summed E-state index contributed by atoms with van der Waals surface area (Å²) in [5, 5.41) is 10.6. The summed E-state index contributed by atoms with van der Waals surface area (Å²) in [4.78, 5) is 25.4. The summed E-state index contributed by atoms with van der Waals surface area (Å²) in [5.41, 5.74) is 5.92. The molecule has 1 fully saturated rings. The second kappa shape index (κ2) is 5.63. The van der Waals surface area contributed by atoms with Crippen molar-refractivity contribution in [3.8, 4) is 5.40 Å². The topological polar surface area (TPSA) is 87.2 Å². The Morgan fingerprint density at radius 2 is 2.32 bits per heavy atom. The zero-order valence-electron chi connectivity index (χ0n) is 9.80. The number of nitrogens with zero attached hydrogens (tertiary/aromatic N) is 2. The Morgan fingerprint density at radius 3 is 2.84 bits per heavy atom. The molecule has 2 rings (SSSR count). The molecule has 1 unspecified atom stereocenters. The third-order valence-corrected chi connectivity index (χ3v) is 4.12. The fraction of sp³-hybridized carbons (Fsp3) is 0.250. The van der Waals surface area contributed by atoms with Gasteiger partial charge in [0.2, 0.25) is 11.8 Å². The van der Waals surface area contributed by atoms with E-state index in [1.807, 2.05) is 5.40 Å². The minimum atomic E-state index is -0.455. The number of hydrogen-bond acceptors (Lipinski definition) is 4. The van der Waals surface area contributed by atoms with Gasteiger partial charge in [-0.05, 0) is 45.9 Å². The number of benzene rings is 1. The average Bonchev–Trinajstić information content (AvgIpc) is 2.72. The zero-order chi connectivity index (χ0) is 14.0. The second-order valence-electron chi connectivity index (χ2n) is 4.11. The number of anilines is 1. The highest BCUT2D eigenvalue weighted by Gasteiger charge is 2.34. The van der Waals surface area contributed by atoms with E-state index in [9.17, 15) is 9.59 Å². The van der Waals surface area contributed by atoms with Crippen LogP contribution in [-0.2, 0) is 9.59 Å². The molecule has 1 aliphatic rings. The van der Waals surface area contributed by atoms with Crippen molar-refractivity contribution >= 4 is 45.2 Å². The Bertz CT molecular complexity index is 585. The Labute approximate surface area is 122 Å². The van der Waals surface area contributed by atoms with Crippen molar-refractivity contribution in [2.75, 3.05) is 11.4 Å². The molecular formula is C12H10BrN3O2S. The zero-order valence-corrected chi connectivity index (χ0v) is 12.2. The second-order valence-corrected chi connectivity index (χ2v) is 5.83. The molecule has 5 nitrogen and oxygen atoms in total. The Kier molecular flexibility index (Phi) is 4.12. The van der Waals surface area contributed by atoms with Gasteiger partial charge >= 0.3 is 0 Å². The maximum Gasteiger partial charge on any atom is 0.227 e. The Morgan fingerprint density at radius 1 is 1.58 bits per heavy atom. The van der Waals surface area contributed by atoms with Crippen molar-refractivity contribution in [3.05, 3.63) is 22.7 Å². The summed E-state index contributed by atoms with van der Waals surface area (Å²) in [7, 11) is 0. The summed E-state index contributed by atoms with van der Waals surface area (Å²) in [5.74, 6) is -1.01. The Hall–Kier alpha value is -1.52. The van der Waals surface area contributed by atoms with Gasteiger partial charge in [0.15, 0.2) is 0 Å². The van der Waals surface area contributed by atoms with Gasteiger partial charge in [0.1, 0.15) is 5.40 Å². The van der Waals surface area contributed by atoms with E-state index in [2.05, 4.69) is 15.9 Å². The van der Waals surface area contributed by atoms with E-state index >= 15 is 0 Å². The number of primary amides is 1. The molecule has 0 aliphatic carbocycles. The van der Waals surface area contributed by atoms with E-state index in [0.29, 0.717) is 16.7 Å². The molecule has 7 heteroatoms. The molecule has 1 aromatic carbocycles. The number of rotatable bonds is 3. The van der Waals surface area contributed by atoms with E-state index in [-0.39, 0.29) is 12.3 Å². The number of carbonyl (C=O) groups excluding carboxylic acids is 2. The smallest absolute Gasteiger partial charge is 0.227 e. The van der Waals surface area contributed by atoms with E-state index in [1.54, 1.807) is 23.1 Å². The average molecular weight is 340 g/mol. The molecule has 0 saturated carbocycles. The fourth-order valence-electron chi connectivity index (χ4n) is 1.95. The van der Waals surface area contributed by atoms with Crippen LogP contribution in [0.15, 0.2) is 27.6 Å². The first kappa shape index (κ1) is 13.9. The summed E-state index contributed by atoms with van der Waals surface area (Å²) in [6, 6.07) is 5.29. The summed E-state index contributed by atoms with van der Waals surface area (Å²) >= 11 is 4.42. The van der Waals surface area contributed by atoms with Gasteiger partial charge in [-0.15, -0.1) is 0 Å². The highest BCUT2D eigenvalue weighted by Crippen LogP contribution is 2.34. The van der Waals surface area contributed by atoms with Crippen LogP contribution in [0.25, 0.3) is 0 Å². The Balaban J connectivity index is 2.26. The lowest BCUT2D eigenvalue weighted by Gasteiger charge is -2.18. The SMILES string of the molecule is N#CSc1ccc(N2CC(C(N)=O)CC2=O)c(Br)c1. The van der Waals surface area contributed by atoms with Crippen molar-refractivity contribution < 1.29 is 9.59 Å². The van der Waals surface area contributed by atoms with Crippen LogP contribution in [0.1, 0.15) is 6.42 Å². The molecule has 0 radical (unpaired) electrons. The van der Waals surface area contributed by atoms with Gasteiger partial charge in [0.25, 0.3) is 0 Å². The van der Waals surface area contributed by atoms with Crippen LogP contribution in [0.3, 0.4) is 0 Å². The first-order valence-electron chi connectivity index (χ1n) is 5.48. The molecule has 0 bridgehead atoms. The van der Waals surface area contributed by atoms with Crippen LogP contribution in [0.2, 0.25) is 0 Å². The summed E-state index contributed by atoms with van der Waals surface area (Å²) in [6.45, 7) is 0.303. The van der Waals surface area contributed by atoms with Crippen LogP contribution < -0.4 is 10.6 Å².